The molecule has 120 valence electrons. The van der Waals surface area contributed by atoms with E-state index in [0.717, 1.165) is 5.69 Å². The third-order valence-electron chi connectivity index (χ3n) is 3.71. The molecule has 0 bridgehead atoms. The van der Waals surface area contributed by atoms with Crippen LogP contribution >= 0.6 is 0 Å². The monoisotopic (exact) mass is 306 g/mol. The van der Waals surface area contributed by atoms with Crippen LogP contribution in [0.3, 0.4) is 0 Å². The topological polar surface area (TPSA) is 85.5 Å². The number of rotatable bonds is 3. The zero-order valence-corrected chi connectivity index (χ0v) is 13.0. The Morgan fingerprint density at radius 3 is 2.36 bits per heavy atom. The molecule has 1 aliphatic rings. The number of aromatic nitrogens is 1. The minimum Gasteiger partial charge on any atom is -0.338 e. The van der Waals surface area contributed by atoms with Gasteiger partial charge in [-0.2, -0.15) is 0 Å². The number of piperazine rings is 1. The van der Waals surface area contributed by atoms with Crippen LogP contribution in [0.2, 0.25) is 0 Å². The van der Waals surface area contributed by atoms with E-state index in [9.17, 15) is 14.4 Å². The molecule has 3 amide bonds. The molecule has 2 heterocycles. The van der Waals surface area contributed by atoms with Crippen LogP contribution in [0.25, 0.3) is 0 Å². The van der Waals surface area contributed by atoms with Gasteiger partial charge in [-0.05, 0) is 19.4 Å². The smallest absolute Gasteiger partial charge is 0.317 e. The van der Waals surface area contributed by atoms with Gasteiger partial charge in [0.05, 0.1) is 0 Å². The van der Waals surface area contributed by atoms with Gasteiger partial charge in [-0.3, -0.25) is 9.59 Å². The highest BCUT2D eigenvalue weighted by atomic mass is 16.2. The molecule has 0 spiro atoms. The molecular weight excluding hydrogens is 284 g/mol. The summed E-state index contributed by atoms with van der Waals surface area (Å²) >= 11 is 0. The second-order valence-corrected chi connectivity index (χ2v) is 5.23. The Balaban J connectivity index is 2.02. The summed E-state index contributed by atoms with van der Waals surface area (Å²) in [5.74, 6) is -0.156. The van der Waals surface area contributed by atoms with Crippen molar-refractivity contribution in [1.82, 2.24) is 20.1 Å². The van der Waals surface area contributed by atoms with Crippen molar-refractivity contribution < 1.29 is 9.59 Å². The van der Waals surface area contributed by atoms with E-state index in [1.807, 2.05) is 13.8 Å². The Hall–Kier alpha value is -2.31. The van der Waals surface area contributed by atoms with Crippen LogP contribution in [-0.4, -0.2) is 59.4 Å². The molecule has 7 heteroatoms. The molecule has 1 aromatic heterocycles. The highest BCUT2D eigenvalue weighted by Gasteiger charge is 2.24. The van der Waals surface area contributed by atoms with Crippen LogP contribution in [0.1, 0.15) is 29.9 Å². The van der Waals surface area contributed by atoms with Gasteiger partial charge in [0, 0.05) is 50.0 Å². The van der Waals surface area contributed by atoms with Gasteiger partial charge in [-0.1, -0.05) is 6.92 Å². The van der Waals surface area contributed by atoms with Gasteiger partial charge in [0.2, 0.25) is 5.56 Å². The minimum absolute atomic E-state index is 0.0981. The van der Waals surface area contributed by atoms with E-state index in [-0.39, 0.29) is 17.5 Å². The molecule has 0 aromatic carbocycles. The maximum absolute atomic E-state index is 12.5. The predicted molar refractivity (Wildman–Crippen MR) is 83.0 cm³/mol. The van der Waals surface area contributed by atoms with E-state index < -0.39 is 0 Å². The number of nitrogens with zero attached hydrogens (tertiary/aromatic N) is 2. The molecule has 0 aliphatic carbocycles. The van der Waals surface area contributed by atoms with E-state index in [4.69, 9.17) is 0 Å². The number of aryl methyl sites for hydroxylation is 1. The number of H-pyrrole nitrogens is 1. The van der Waals surface area contributed by atoms with Gasteiger partial charge < -0.3 is 20.1 Å². The van der Waals surface area contributed by atoms with E-state index in [0.29, 0.717) is 44.7 Å². The lowest BCUT2D eigenvalue weighted by atomic mass is 10.1. The molecule has 2 N–H and O–H groups in total. The Labute approximate surface area is 129 Å². The summed E-state index contributed by atoms with van der Waals surface area (Å²) in [6.07, 6.45) is 0.668. The van der Waals surface area contributed by atoms with Crippen molar-refractivity contribution in [2.24, 2.45) is 0 Å². The molecule has 1 aliphatic heterocycles. The number of pyridine rings is 1. The summed E-state index contributed by atoms with van der Waals surface area (Å²) in [6, 6.07) is 2.96. The summed E-state index contributed by atoms with van der Waals surface area (Å²) in [7, 11) is 0. The van der Waals surface area contributed by atoms with Crippen molar-refractivity contribution in [2.45, 2.75) is 20.3 Å². The average molecular weight is 306 g/mol. The Bertz CT molecular complexity index is 603. The Kier molecular flexibility index (Phi) is 5.19. The standard InChI is InChI=1S/C15H22N4O3/c1-3-12-9-11(10-13(20)17-12)14(21)18-5-7-19(8-6-18)15(22)16-4-2/h9-10H,3-8H2,1-2H3,(H,16,22)(H,17,20). The van der Waals surface area contributed by atoms with E-state index >= 15 is 0 Å². The van der Waals surface area contributed by atoms with Gasteiger partial charge in [0.15, 0.2) is 0 Å². The molecule has 0 atom stereocenters. The first-order valence-corrected chi connectivity index (χ1v) is 7.60. The van der Waals surface area contributed by atoms with Crippen LogP contribution < -0.4 is 10.9 Å². The first kappa shape index (κ1) is 16.1. The number of carbonyl (C=O) groups is 2. The van der Waals surface area contributed by atoms with Gasteiger partial charge in [-0.15, -0.1) is 0 Å². The molecule has 2 rings (SSSR count). The molecule has 0 saturated carbocycles. The lowest BCUT2D eigenvalue weighted by Gasteiger charge is -2.34. The lowest BCUT2D eigenvalue weighted by molar-refractivity contribution is 0.0665. The fourth-order valence-corrected chi connectivity index (χ4v) is 2.47. The van der Waals surface area contributed by atoms with Crippen LogP contribution in [0.15, 0.2) is 16.9 Å². The largest absolute Gasteiger partial charge is 0.338 e. The highest BCUT2D eigenvalue weighted by molar-refractivity contribution is 5.94. The van der Waals surface area contributed by atoms with E-state index in [2.05, 4.69) is 10.3 Å². The molecule has 7 nitrogen and oxygen atoms in total. The SMILES string of the molecule is CCNC(=O)N1CCN(C(=O)c2cc(CC)[nH]c(=O)c2)CC1. The molecule has 1 fully saturated rings. The zero-order valence-electron chi connectivity index (χ0n) is 13.0. The van der Waals surface area contributed by atoms with Gasteiger partial charge in [-0.25, -0.2) is 4.79 Å². The third kappa shape index (κ3) is 3.66. The highest BCUT2D eigenvalue weighted by Crippen LogP contribution is 2.09. The van der Waals surface area contributed by atoms with Crippen molar-refractivity contribution >= 4 is 11.9 Å². The second-order valence-electron chi connectivity index (χ2n) is 5.23. The summed E-state index contributed by atoms with van der Waals surface area (Å²) in [5, 5.41) is 2.75. The van der Waals surface area contributed by atoms with Crippen molar-refractivity contribution in [1.29, 1.82) is 0 Å². The van der Waals surface area contributed by atoms with E-state index in [1.165, 1.54) is 6.07 Å². The minimum atomic E-state index is -0.261. The maximum atomic E-state index is 12.5. The number of aromatic amines is 1. The number of carbonyl (C=O) groups excluding carboxylic acids is 2. The van der Waals surface area contributed by atoms with Crippen LogP contribution in [0.4, 0.5) is 4.79 Å². The molecule has 0 unspecified atom stereocenters. The number of urea groups is 1. The number of hydrogen-bond donors (Lipinski definition) is 2. The Morgan fingerprint density at radius 2 is 1.77 bits per heavy atom. The Morgan fingerprint density at radius 1 is 1.14 bits per heavy atom. The van der Waals surface area contributed by atoms with Crippen LogP contribution in [-0.2, 0) is 6.42 Å². The number of nitrogens with one attached hydrogen (secondary N) is 2. The van der Waals surface area contributed by atoms with Crippen molar-refractivity contribution in [2.75, 3.05) is 32.7 Å². The summed E-state index contributed by atoms with van der Waals surface area (Å²) in [5.41, 5.74) is 0.896. The zero-order chi connectivity index (χ0) is 16.1. The summed E-state index contributed by atoms with van der Waals surface area (Å²) in [4.78, 5) is 41.9. The summed E-state index contributed by atoms with van der Waals surface area (Å²) < 4.78 is 0. The lowest BCUT2D eigenvalue weighted by Crippen LogP contribution is -2.53. The van der Waals surface area contributed by atoms with Gasteiger partial charge >= 0.3 is 6.03 Å². The first-order valence-electron chi connectivity index (χ1n) is 7.60. The van der Waals surface area contributed by atoms with E-state index in [1.54, 1.807) is 15.9 Å². The quantitative estimate of drug-likeness (QED) is 0.849. The summed E-state index contributed by atoms with van der Waals surface area (Å²) in [6.45, 7) is 6.34. The maximum Gasteiger partial charge on any atom is 0.317 e. The van der Waals surface area contributed by atoms with Crippen LogP contribution in [0, 0.1) is 0 Å². The number of hydrogen-bond acceptors (Lipinski definition) is 3. The third-order valence-corrected chi connectivity index (χ3v) is 3.71. The molecular formula is C15H22N4O3. The normalized spacial score (nSPS) is 14.8. The average Bonchev–Trinajstić information content (AvgIpc) is 2.54. The molecule has 1 aromatic rings. The predicted octanol–water partition coefficient (Wildman–Crippen LogP) is 0.425. The molecule has 0 radical (unpaired) electrons. The molecule has 22 heavy (non-hydrogen) atoms. The number of amides is 3. The van der Waals surface area contributed by atoms with Crippen LogP contribution in [0.5, 0.6) is 0 Å². The first-order chi connectivity index (χ1) is 10.5. The second kappa shape index (κ2) is 7.11. The fraction of sp³-hybridized carbons (Fsp3) is 0.533. The molecule has 1 saturated heterocycles. The van der Waals surface area contributed by atoms with Crippen molar-refractivity contribution in [3.8, 4) is 0 Å². The fourth-order valence-electron chi connectivity index (χ4n) is 2.47. The van der Waals surface area contributed by atoms with Crippen molar-refractivity contribution in [3.63, 3.8) is 0 Å². The van der Waals surface area contributed by atoms with Crippen molar-refractivity contribution in [3.05, 3.63) is 33.7 Å². The van der Waals surface area contributed by atoms with Gasteiger partial charge in [0.1, 0.15) is 0 Å². The van der Waals surface area contributed by atoms with Gasteiger partial charge in [0.25, 0.3) is 5.91 Å².